The average molecular weight is 345 g/mol. The lowest BCUT2D eigenvalue weighted by atomic mass is 10.2. The monoisotopic (exact) mass is 345 g/mol. The fraction of sp³-hybridized carbons (Fsp3) is 0.278. The van der Waals surface area contributed by atoms with Crippen LogP contribution in [0.25, 0.3) is 0 Å². The van der Waals surface area contributed by atoms with Gasteiger partial charge in [0.1, 0.15) is 18.5 Å². The molecular formula is C18H19NO4S. The molecule has 1 N–H and O–H groups in total. The average Bonchev–Trinajstić information content (AvgIpc) is 2.61. The molecule has 0 fully saturated rings. The van der Waals surface area contributed by atoms with Gasteiger partial charge in [-0.15, -0.1) is 0 Å². The van der Waals surface area contributed by atoms with Gasteiger partial charge in [-0.25, -0.2) is 0 Å². The Kier molecular flexibility index (Phi) is 5.15. The van der Waals surface area contributed by atoms with Crippen LogP contribution in [-0.2, 0) is 21.3 Å². The van der Waals surface area contributed by atoms with Gasteiger partial charge < -0.3 is 14.8 Å². The largest absolute Gasteiger partial charge is 0.486 e. The number of hydrogen-bond donors (Lipinski definition) is 1. The van der Waals surface area contributed by atoms with Crippen molar-refractivity contribution >= 4 is 22.4 Å². The minimum atomic E-state index is -1.29. The first-order chi connectivity index (χ1) is 11.6. The SMILES string of the molecule is C[C@H](C(=O)Nc1ccc2c(c1)OCCO2)[S@@](=O)Cc1ccccc1. The van der Waals surface area contributed by atoms with Crippen LogP contribution in [0.15, 0.2) is 48.5 Å². The van der Waals surface area contributed by atoms with Gasteiger partial charge in [0.25, 0.3) is 0 Å². The maximum atomic E-state index is 12.4. The maximum Gasteiger partial charge on any atom is 0.239 e. The zero-order chi connectivity index (χ0) is 16.9. The van der Waals surface area contributed by atoms with E-state index in [9.17, 15) is 9.00 Å². The van der Waals surface area contributed by atoms with Crippen molar-refractivity contribution in [3.63, 3.8) is 0 Å². The van der Waals surface area contributed by atoms with E-state index in [1.54, 1.807) is 25.1 Å². The van der Waals surface area contributed by atoms with Gasteiger partial charge in [0.15, 0.2) is 11.5 Å². The minimum absolute atomic E-state index is 0.277. The Morgan fingerprint density at radius 3 is 2.58 bits per heavy atom. The number of fused-ring (bicyclic) bond motifs is 1. The van der Waals surface area contributed by atoms with Crippen molar-refractivity contribution in [2.45, 2.75) is 17.9 Å². The molecule has 1 amide bonds. The highest BCUT2D eigenvalue weighted by atomic mass is 32.2. The predicted molar refractivity (Wildman–Crippen MR) is 93.8 cm³/mol. The van der Waals surface area contributed by atoms with E-state index in [-0.39, 0.29) is 5.91 Å². The Balaban J connectivity index is 1.62. The van der Waals surface area contributed by atoms with Gasteiger partial charge in [-0.1, -0.05) is 30.3 Å². The van der Waals surface area contributed by atoms with Gasteiger partial charge in [0.05, 0.1) is 0 Å². The highest BCUT2D eigenvalue weighted by Gasteiger charge is 2.21. The Bertz CT molecular complexity index is 748. The third kappa shape index (κ3) is 3.94. The number of hydrogen-bond acceptors (Lipinski definition) is 4. The lowest BCUT2D eigenvalue weighted by molar-refractivity contribution is -0.115. The summed E-state index contributed by atoms with van der Waals surface area (Å²) in [4.78, 5) is 12.3. The molecule has 2 atom stereocenters. The second-order valence-corrected chi connectivity index (χ2v) is 7.26. The number of amides is 1. The summed E-state index contributed by atoms with van der Waals surface area (Å²) in [5.41, 5.74) is 1.56. The standard InChI is InChI=1S/C18H19NO4S/c1-13(24(21)12-14-5-3-2-4-6-14)18(20)19-15-7-8-16-17(11-15)23-10-9-22-16/h2-8,11,13H,9-10,12H2,1H3,(H,19,20)/t13-,24+/m1/s1. The highest BCUT2D eigenvalue weighted by Crippen LogP contribution is 2.32. The first kappa shape index (κ1) is 16.5. The molecule has 1 aliphatic heterocycles. The molecule has 0 spiro atoms. The molecule has 24 heavy (non-hydrogen) atoms. The van der Waals surface area contributed by atoms with Crippen LogP contribution in [0.2, 0.25) is 0 Å². The summed E-state index contributed by atoms with van der Waals surface area (Å²) in [6.45, 7) is 2.68. The van der Waals surface area contributed by atoms with Crippen molar-refractivity contribution in [3.05, 3.63) is 54.1 Å². The molecule has 0 aromatic heterocycles. The molecule has 0 radical (unpaired) electrons. The van der Waals surface area contributed by atoms with E-state index in [0.29, 0.717) is 36.2 Å². The molecule has 0 saturated heterocycles. The molecule has 126 valence electrons. The van der Waals surface area contributed by atoms with E-state index in [1.165, 1.54) is 0 Å². The van der Waals surface area contributed by atoms with E-state index < -0.39 is 16.0 Å². The summed E-state index contributed by atoms with van der Waals surface area (Å²) in [6, 6.07) is 14.7. The van der Waals surface area contributed by atoms with Gasteiger partial charge in [-0.05, 0) is 24.6 Å². The van der Waals surface area contributed by atoms with Gasteiger partial charge >= 0.3 is 0 Å². The third-order valence-electron chi connectivity index (χ3n) is 3.73. The second-order valence-electron chi connectivity index (χ2n) is 5.50. The topological polar surface area (TPSA) is 64.6 Å². The number of ether oxygens (including phenoxy) is 2. The van der Waals surface area contributed by atoms with Crippen molar-refractivity contribution in [1.29, 1.82) is 0 Å². The van der Waals surface area contributed by atoms with Gasteiger partial charge in [0.2, 0.25) is 5.91 Å². The van der Waals surface area contributed by atoms with Gasteiger partial charge in [0, 0.05) is 28.3 Å². The van der Waals surface area contributed by atoms with E-state index >= 15 is 0 Å². The number of nitrogens with one attached hydrogen (secondary N) is 1. The molecule has 0 saturated carbocycles. The smallest absolute Gasteiger partial charge is 0.239 e. The zero-order valence-corrected chi connectivity index (χ0v) is 14.2. The van der Waals surface area contributed by atoms with Crippen LogP contribution in [-0.4, -0.2) is 28.6 Å². The predicted octanol–water partition coefficient (Wildman–Crippen LogP) is 2.73. The highest BCUT2D eigenvalue weighted by molar-refractivity contribution is 7.85. The van der Waals surface area contributed by atoms with E-state index in [0.717, 1.165) is 5.56 Å². The number of carbonyl (C=O) groups is 1. The van der Waals surface area contributed by atoms with Crippen molar-refractivity contribution in [3.8, 4) is 11.5 Å². The number of rotatable bonds is 5. The van der Waals surface area contributed by atoms with Crippen LogP contribution in [0, 0.1) is 0 Å². The van der Waals surface area contributed by atoms with E-state index in [2.05, 4.69) is 5.32 Å². The molecule has 3 rings (SSSR count). The van der Waals surface area contributed by atoms with Crippen LogP contribution in [0.4, 0.5) is 5.69 Å². The fourth-order valence-corrected chi connectivity index (χ4v) is 3.42. The molecule has 2 aromatic carbocycles. The maximum absolute atomic E-state index is 12.4. The first-order valence-electron chi connectivity index (χ1n) is 7.75. The Labute approximate surface area is 143 Å². The van der Waals surface area contributed by atoms with Crippen molar-refractivity contribution in [1.82, 2.24) is 0 Å². The summed E-state index contributed by atoms with van der Waals surface area (Å²) in [6.07, 6.45) is 0. The summed E-state index contributed by atoms with van der Waals surface area (Å²) >= 11 is 0. The van der Waals surface area contributed by atoms with Crippen LogP contribution in [0.5, 0.6) is 11.5 Å². The third-order valence-corrected chi connectivity index (χ3v) is 5.35. The summed E-state index contributed by atoms with van der Waals surface area (Å²) in [7, 11) is -1.29. The van der Waals surface area contributed by atoms with Crippen LogP contribution in [0.1, 0.15) is 12.5 Å². The zero-order valence-electron chi connectivity index (χ0n) is 13.4. The van der Waals surface area contributed by atoms with Crippen LogP contribution in [0.3, 0.4) is 0 Å². The van der Waals surface area contributed by atoms with E-state index in [1.807, 2.05) is 30.3 Å². The van der Waals surface area contributed by atoms with Crippen LogP contribution >= 0.6 is 0 Å². The first-order valence-corrected chi connectivity index (χ1v) is 9.13. The Morgan fingerprint density at radius 1 is 1.12 bits per heavy atom. The molecular weight excluding hydrogens is 326 g/mol. The molecule has 1 heterocycles. The lowest BCUT2D eigenvalue weighted by Crippen LogP contribution is -2.29. The van der Waals surface area contributed by atoms with Crippen molar-refractivity contribution < 1.29 is 18.5 Å². The van der Waals surface area contributed by atoms with Gasteiger partial charge in [-0.2, -0.15) is 0 Å². The normalized spacial score (nSPS) is 15.4. The minimum Gasteiger partial charge on any atom is -0.486 e. The number of benzene rings is 2. The molecule has 0 unspecified atom stereocenters. The van der Waals surface area contributed by atoms with Crippen LogP contribution < -0.4 is 14.8 Å². The fourth-order valence-electron chi connectivity index (χ4n) is 2.35. The van der Waals surface area contributed by atoms with E-state index in [4.69, 9.17) is 9.47 Å². The second kappa shape index (κ2) is 7.49. The molecule has 2 aromatic rings. The molecule has 5 nitrogen and oxygen atoms in total. The summed E-state index contributed by atoms with van der Waals surface area (Å²) in [5, 5.41) is 2.18. The van der Waals surface area contributed by atoms with Crippen molar-refractivity contribution in [2.75, 3.05) is 18.5 Å². The molecule has 0 aliphatic carbocycles. The van der Waals surface area contributed by atoms with Gasteiger partial charge in [-0.3, -0.25) is 9.00 Å². The lowest BCUT2D eigenvalue weighted by Gasteiger charge is -2.19. The molecule has 0 bridgehead atoms. The molecule has 1 aliphatic rings. The summed E-state index contributed by atoms with van der Waals surface area (Å²) in [5.74, 6) is 1.36. The Morgan fingerprint density at radius 2 is 1.83 bits per heavy atom. The van der Waals surface area contributed by atoms with Crippen molar-refractivity contribution in [2.24, 2.45) is 0 Å². The molecule has 6 heteroatoms. The Hall–Kier alpha value is -2.34. The quantitative estimate of drug-likeness (QED) is 0.905. The number of carbonyl (C=O) groups excluding carboxylic acids is 1. The number of anilines is 1. The summed E-state index contributed by atoms with van der Waals surface area (Å²) < 4.78 is 23.3.